The number of benzene rings is 1. The maximum absolute atomic E-state index is 12.6. The van der Waals surface area contributed by atoms with E-state index in [2.05, 4.69) is 0 Å². The first kappa shape index (κ1) is 14.4. The molecule has 1 aliphatic rings. The summed E-state index contributed by atoms with van der Waals surface area (Å²) in [6.07, 6.45) is 4.51. The Kier molecular flexibility index (Phi) is 4.09. The fourth-order valence-corrected chi connectivity index (χ4v) is 4.67. The molecule has 1 aromatic heterocycles. The molecule has 0 saturated carbocycles. The normalized spacial score (nSPS) is 14.2. The molecule has 0 unspecified atom stereocenters. The highest BCUT2D eigenvalue weighted by atomic mass is 35.5. The molecule has 0 bridgehead atoms. The highest BCUT2D eigenvalue weighted by Crippen LogP contribution is 2.35. The zero-order valence-electron chi connectivity index (χ0n) is 10.5. The van der Waals surface area contributed by atoms with E-state index in [9.17, 15) is 4.79 Å². The lowest BCUT2D eigenvalue weighted by molar-refractivity contribution is 0.104. The van der Waals surface area contributed by atoms with Crippen LogP contribution < -0.4 is 0 Å². The van der Waals surface area contributed by atoms with Crippen LogP contribution in [0.25, 0.3) is 0 Å². The predicted molar refractivity (Wildman–Crippen MR) is 85.9 cm³/mol. The molecule has 1 aliphatic carbocycles. The summed E-state index contributed by atoms with van der Waals surface area (Å²) in [4.78, 5) is 14.6. The van der Waals surface area contributed by atoms with Crippen molar-refractivity contribution in [3.8, 4) is 0 Å². The number of ketones is 1. The first-order valence-electron chi connectivity index (χ1n) is 6.37. The topological polar surface area (TPSA) is 17.1 Å². The third kappa shape index (κ3) is 2.62. The third-order valence-corrected chi connectivity index (χ3v) is 5.50. The zero-order chi connectivity index (χ0) is 14.3. The van der Waals surface area contributed by atoms with E-state index in [4.69, 9.17) is 34.8 Å². The fourth-order valence-electron chi connectivity index (χ4n) is 2.48. The van der Waals surface area contributed by atoms with Gasteiger partial charge in [-0.2, -0.15) is 0 Å². The lowest BCUT2D eigenvalue weighted by atomic mass is 9.98. The van der Waals surface area contributed by atoms with Gasteiger partial charge < -0.3 is 0 Å². The molecule has 0 atom stereocenters. The van der Waals surface area contributed by atoms with Gasteiger partial charge in [0.1, 0.15) is 0 Å². The number of fused-ring (bicyclic) bond motifs is 1. The van der Waals surface area contributed by atoms with Crippen molar-refractivity contribution in [2.75, 3.05) is 0 Å². The molecule has 104 valence electrons. The number of carbonyl (C=O) groups excluding carboxylic acids is 1. The second-order valence-corrected chi connectivity index (χ2v) is 7.23. The lowest BCUT2D eigenvalue weighted by Gasteiger charge is -2.08. The van der Waals surface area contributed by atoms with Gasteiger partial charge in [0.2, 0.25) is 5.78 Å². The molecule has 1 aromatic carbocycles. The van der Waals surface area contributed by atoms with E-state index < -0.39 is 0 Å². The summed E-state index contributed by atoms with van der Waals surface area (Å²) < 4.78 is 0. The van der Waals surface area contributed by atoms with E-state index in [0.29, 0.717) is 25.5 Å². The molecule has 0 N–H and O–H groups in total. The van der Waals surface area contributed by atoms with Crippen molar-refractivity contribution < 1.29 is 4.79 Å². The van der Waals surface area contributed by atoms with Gasteiger partial charge in [-0.15, -0.1) is 11.3 Å². The van der Waals surface area contributed by atoms with Gasteiger partial charge in [0.05, 0.1) is 20.5 Å². The molecule has 20 heavy (non-hydrogen) atoms. The molecular weight excluding hydrogens is 335 g/mol. The molecule has 0 spiro atoms. The fraction of sp³-hybridized carbons (Fsp3) is 0.267. The Morgan fingerprint density at radius 1 is 1.00 bits per heavy atom. The molecule has 0 aliphatic heterocycles. The van der Waals surface area contributed by atoms with Crippen LogP contribution in [0, 0.1) is 0 Å². The Bertz CT molecular complexity index is 644. The van der Waals surface area contributed by atoms with Crippen molar-refractivity contribution >= 4 is 51.9 Å². The summed E-state index contributed by atoms with van der Waals surface area (Å²) in [6, 6.07) is 5.09. The molecule has 0 amide bonds. The number of carbonyl (C=O) groups is 1. The number of thiophene rings is 1. The monoisotopic (exact) mass is 344 g/mol. The third-order valence-electron chi connectivity index (χ3n) is 3.45. The van der Waals surface area contributed by atoms with Gasteiger partial charge in [-0.25, -0.2) is 0 Å². The quantitative estimate of drug-likeness (QED) is 0.627. The minimum atomic E-state index is -0.115. The van der Waals surface area contributed by atoms with Crippen molar-refractivity contribution in [1.29, 1.82) is 0 Å². The highest BCUT2D eigenvalue weighted by molar-refractivity contribution is 7.14. The van der Waals surface area contributed by atoms with Crippen LogP contribution in [-0.2, 0) is 12.8 Å². The maximum atomic E-state index is 12.6. The van der Waals surface area contributed by atoms with E-state index in [-0.39, 0.29) is 5.78 Å². The first-order chi connectivity index (χ1) is 9.56. The Labute approximate surface area is 136 Å². The summed E-state index contributed by atoms with van der Waals surface area (Å²) in [7, 11) is 0. The summed E-state index contributed by atoms with van der Waals surface area (Å²) in [5.74, 6) is -0.115. The highest BCUT2D eigenvalue weighted by Gasteiger charge is 2.22. The standard InChI is InChI=1S/C15H11Cl3OS/c16-9-6-10(17)14(11(18)7-9)15(19)13-5-8-3-1-2-4-12(8)20-13/h5-7H,1-4H2. The van der Waals surface area contributed by atoms with Crippen LogP contribution in [0.5, 0.6) is 0 Å². The molecule has 0 saturated heterocycles. The van der Waals surface area contributed by atoms with Crippen LogP contribution >= 0.6 is 46.1 Å². The van der Waals surface area contributed by atoms with Crippen LogP contribution in [0.3, 0.4) is 0 Å². The van der Waals surface area contributed by atoms with Crippen LogP contribution in [0.1, 0.15) is 38.5 Å². The van der Waals surface area contributed by atoms with Crippen LogP contribution in [0.2, 0.25) is 15.1 Å². The summed E-state index contributed by atoms with van der Waals surface area (Å²) >= 11 is 19.7. The van der Waals surface area contributed by atoms with Crippen molar-refractivity contribution in [1.82, 2.24) is 0 Å². The SMILES string of the molecule is O=C(c1cc2c(s1)CCCC2)c1c(Cl)cc(Cl)cc1Cl. The molecule has 1 nitrogen and oxygen atoms in total. The Morgan fingerprint density at radius 3 is 2.30 bits per heavy atom. The molecule has 2 aromatic rings. The lowest BCUT2D eigenvalue weighted by Crippen LogP contribution is -2.01. The van der Waals surface area contributed by atoms with E-state index in [1.807, 2.05) is 6.07 Å². The van der Waals surface area contributed by atoms with Gasteiger partial charge in [-0.3, -0.25) is 4.79 Å². The van der Waals surface area contributed by atoms with Crippen LogP contribution in [0.15, 0.2) is 18.2 Å². The zero-order valence-corrected chi connectivity index (χ0v) is 13.6. The second-order valence-electron chi connectivity index (χ2n) is 4.84. The minimum absolute atomic E-state index is 0.115. The van der Waals surface area contributed by atoms with E-state index in [0.717, 1.165) is 12.8 Å². The first-order valence-corrected chi connectivity index (χ1v) is 8.32. The van der Waals surface area contributed by atoms with Gasteiger partial charge in [0.25, 0.3) is 0 Å². The summed E-state index contributed by atoms with van der Waals surface area (Å²) in [5, 5.41) is 1.04. The molecule has 0 radical (unpaired) electrons. The molecular formula is C15H11Cl3OS. The summed E-state index contributed by atoms with van der Waals surface area (Å²) in [5.41, 5.74) is 1.64. The van der Waals surface area contributed by atoms with Crippen molar-refractivity contribution in [2.24, 2.45) is 0 Å². The van der Waals surface area contributed by atoms with Crippen molar-refractivity contribution in [3.63, 3.8) is 0 Å². The number of rotatable bonds is 2. The van der Waals surface area contributed by atoms with Crippen molar-refractivity contribution in [2.45, 2.75) is 25.7 Å². The molecule has 3 rings (SSSR count). The van der Waals surface area contributed by atoms with Gasteiger partial charge in [0.15, 0.2) is 0 Å². The molecule has 0 fully saturated rings. The van der Waals surface area contributed by atoms with Gasteiger partial charge in [-0.05, 0) is 49.4 Å². The number of aryl methyl sites for hydroxylation is 2. The average molecular weight is 346 g/mol. The summed E-state index contributed by atoms with van der Waals surface area (Å²) in [6.45, 7) is 0. The Balaban J connectivity index is 2.03. The Hall–Kier alpha value is -0.540. The van der Waals surface area contributed by atoms with Crippen molar-refractivity contribution in [3.05, 3.63) is 54.1 Å². The second kappa shape index (κ2) is 5.69. The largest absolute Gasteiger partial charge is 0.288 e. The van der Waals surface area contributed by atoms with Crippen LogP contribution in [-0.4, -0.2) is 5.78 Å². The van der Waals surface area contributed by atoms with E-state index >= 15 is 0 Å². The van der Waals surface area contributed by atoms with Gasteiger partial charge in [0, 0.05) is 9.90 Å². The van der Waals surface area contributed by atoms with Gasteiger partial charge >= 0.3 is 0 Å². The maximum Gasteiger partial charge on any atom is 0.205 e. The minimum Gasteiger partial charge on any atom is -0.288 e. The molecule has 1 heterocycles. The van der Waals surface area contributed by atoms with Gasteiger partial charge in [-0.1, -0.05) is 34.8 Å². The molecule has 5 heteroatoms. The smallest absolute Gasteiger partial charge is 0.205 e. The number of hydrogen-bond acceptors (Lipinski definition) is 2. The average Bonchev–Trinajstić information content (AvgIpc) is 2.81. The number of halogens is 3. The number of hydrogen-bond donors (Lipinski definition) is 0. The van der Waals surface area contributed by atoms with Crippen LogP contribution in [0.4, 0.5) is 0 Å². The predicted octanol–water partition coefficient (Wildman–Crippen LogP) is 5.82. The Morgan fingerprint density at radius 2 is 1.65 bits per heavy atom. The van der Waals surface area contributed by atoms with E-state index in [1.54, 1.807) is 23.5 Å². The van der Waals surface area contributed by atoms with E-state index in [1.165, 1.54) is 23.3 Å².